The Labute approximate surface area is 208 Å². The molecule has 0 saturated heterocycles. The molecule has 0 atom stereocenters. The molecular formula is C27H24ClN5O2. The molecule has 3 heterocycles. The van der Waals surface area contributed by atoms with Gasteiger partial charge >= 0.3 is 0 Å². The Morgan fingerprint density at radius 3 is 2.74 bits per heavy atom. The average Bonchev–Trinajstić information content (AvgIpc) is 3.32. The number of nitrogens with two attached hydrogens (primary N) is 1. The maximum absolute atomic E-state index is 6.50. The quantitative estimate of drug-likeness (QED) is 0.300. The maximum Gasteiger partial charge on any atom is 0.138 e. The molecule has 0 aliphatic carbocycles. The van der Waals surface area contributed by atoms with Gasteiger partial charge < -0.3 is 19.8 Å². The van der Waals surface area contributed by atoms with Gasteiger partial charge in [0.2, 0.25) is 0 Å². The van der Waals surface area contributed by atoms with Gasteiger partial charge in [-0.15, -0.1) is 0 Å². The Hall–Kier alpha value is -4.10. The van der Waals surface area contributed by atoms with Crippen molar-refractivity contribution in [2.45, 2.75) is 20.1 Å². The molecule has 0 saturated carbocycles. The number of halogens is 1. The molecule has 0 radical (unpaired) electrons. The Balaban J connectivity index is 1.26. The molecule has 0 bridgehead atoms. The second-order valence-corrected chi connectivity index (χ2v) is 8.69. The van der Waals surface area contributed by atoms with Gasteiger partial charge in [-0.1, -0.05) is 17.7 Å². The van der Waals surface area contributed by atoms with E-state index in [0.717, 1.165) is 45.1 Å². The summed E-state index contributed by atoms with van der Waals surface area (Å²) in [5.41, 5.74) is 10.5. The lowest BCUT2D eigenvalue weighted by atomic mass is 10.1. The van der Waals surface area contributed by atoms with E-state index in [9.17, 15) is 0 Å². The third kappa shape index (κ3) is 5.05. The molecule has 8 heteroatoms. The Kier molecular flexibility index (Phi) is 6.25. The zero-order valence-corrected chi connectivity index (χ0v) is 20.2. The summed E-state index contributed by atoms with van der Waals surface area (Å²) >= 11 is 6.50. The molecule has 35 heavy (non-hydrogen) atoms. The number of hydrogen-bond donors (Lipinski definition) is 1. The number of fused-ring (bicyclic) bond motifs is 1. The molecule has 5 rings (SSSR count). The molecule has 0 aliphatic rings. The predicted octanol–water partition coefficient (Wildman–Crippen LogP) is 6.04. The summed E-state index contributed by atoms with van der Waals surface area (Å²) in [6.45, 7) is 2.89. The number of benzene rings is 2. The number of anilines is 2. The van der Waals surface area contributed by atoms with Crippen LogP contribution in [0, 0.1) is 6.92 Å². The van der Waals surface area contributed by atoms with Crippen molar-refractivity contribution >= 4 is 34.0 Å². The van der Waals surface area contributed by atoms with E-state index in [-0.39, 0.29) is 0 Å². The first-order chi connectivity index (χ1) is 17.0. The average molecular weight is 486 g/mol. The van der Waals surface area contributed by atoms with Gasteiger partial charge in [0.15, 0.2) is 0 Å². The van der Waals surface area contributed by atoms with Crippen molar-refractivity contribution in [2.24, 2.45) is 0 Å². The number of pyridine rings is 1. The number of nitrogens with zero attached hydrogens (tertiary/aromatic N) is 4. The number of aryl methyl sites for hydroxylation is 1. The van der Waals surface area contributed by atoms with Gasteiger partial charge in [-0.25, -0.2) is 9.97 Å². The highest BCUT2D eigenvalue weighted by Crippen LogP contribution is 2.31. The minimum Gasteiger partial charge on any atom is -0.486 e. The summed E-state index contributed by atoms with van der Waals surface area (Å²) in [4.78, 5) is 14.8. The molecule has 7 nitrogen and oxygen atoms in total. The van der Waals surface area contributed by atoms with E-state index in [0.29, 0.717) is 29.7 Å². The summed E-state index contributed by atoms with van der Waals surface area (Å²) in [6.07, 6.45) is 1.46. The molecule has 0 fully saturated rings. The maximum atomic E-state index is 6.50. The van der Waals surface area contributed by atoms with E-state index in [1.165, 1.54) is 6.33 Å². The molecular weight excluding hydrogens is 462 g/mol. The third-order valence-electron chi connectivity index (χ3n) is 5.68. The Bertz CT molecular complexity index is 1500. The first kappa shape index (κ1) is 22.7. The summed E-state index contributed by atoms with van der Waals surface area (Å²) in [6, 6.07) is 21.3. The third-order valence-corrected chi connectivity index (χ3v) is 5.98. The van der Waals surface area contributed by atoms with Crippen LogP contribution in [0.2, 0.25) is 5.02 Å². The van der Waals surface area contributed by atoms with Gasteiger partial charge in [0.1, 0.15) is 36.0 Å². The standard InChI is InChI=1S/C27H24ClN5O2/c1-17-4-3-5-19(32-17)15-34-26-10-7-20(13-23(26)28)33(2)14-21-8-11-25(35-21)18-6-9-24-22(12-18)27(29)31-16-30-24/h3-13,16H,14-15H2,1-2H3,(H2,29,30,31). The van der Waals surface area contributed by atoms with Crippen LogP contribution in [0.3, 0.4) is 0 Å². The van der Waals surface area contributed by atoms with Gasteiger partial charge in [0.05, 0.1) is 22.8 Å². The van der Waals surface area contributed by atoms with Gasteiger partial charge in [-0.2, -0.15) is 0 Å². The van der Waals surface area contributed by atoms with Crippen LogP contribution in [0.1, 0.15) is 17.1 Å². The molecule has 2 N–H and O–H groups in total. The first-order valence-electron chi connectivity index (χ1n) is 11.1. The minimum atomic E-state index is 0.359. The van der Waals surface area contributed by atoms with Gasteiger partial charge in [0, 0.05) is 29.4 Å². The van der Waals surface area contributed by atoms with E-state index < -0.39 is 0 Å². The second kappa shape index (κ2) is 9.64. The van der Waals surface area contributed by atoms with Crippen LogP contribution in [0.25, 0.3) is 22.2 Å². The lowest BCUT2D eigenvalue weighted by molar-refractivity contribution is 0.301. The van der Waals surface area contributed by atoms with Gasteiger partial charge in [0.25, 0.3) is 0 Å². The lowest BCUT2D eigenvalue weighted by Crippen LogP contribution is -2.15. The summed E-state index contributed by atoms with van der Waals surface area (Å²) in [7, 11) is 1.99. The zero-order valence-electron chi connectivity index (χ0n) is 19.4. The largest absolute Gasteiger partial charge is 0.486 e. The molecule has 176 valence electrons. The topological polar surface area (TPSA) is 90.3 Å². The van der Waals surface area contributed by atoms with E-state index >= 15 is 0 Å². The lowest BCUT2D eigenvalue weighted by Gasteiger charge is -2.19. The molecule has 0 amide bonds. The number of ether oxygens (including phenoxy) is 1. The molecule has 5 aromatic rings. The van der Waals surface area contributed by atoms with E-state index in [1.807, 2.05) is 80.7 Å². The van der Waals surface area contributed by atoms with Crippen molar-refractivity contribution in [3.8, 4) is 17.1 Å². The van der Waals surface area contributed by atoms with E-state index in [4.69, 9.17) is 26.5 Å². The van der Waals surface area contributed by atoms with Gasteiger partial charge in [-0.3, -0.25) is 4.98 Å². The van der Waals surface area contributed by atoms with Crippen molar-refractivity contribution < 1.29 is 9.15 Å². The van der Waals surface area contributed by atoms with Crippen LogP contribution >= 0.6 is 11.6 Å². The highest BCUT2D eigenvalue weighted by atomic mass is 35.5. The summed E-state index contributed by atoms with van der Waals surface area (Å²) in [5.74, 6) is 2.64. The van der Waals surface area contributed by atoms with Crippen molar-refractivity contribution in [3.63, 3.8) is 0 Å². The van der Waals surface area contributed by atoms with Gasteiger partial charge in [-0.05, 0) is 67.6 Å². The van der Waals surface area contributed by atoms with Crippen molar-refractivity contribution in [1.82, 2.24) is 15.0 Å². The summed E-state index contributed by atoms with van der Waals surface area (Å²) < 4.78 is 12.0. The SMILES string of the molecule is Cc1cccc(COc2ccc(N(C)Cc3ccc(-c4ccc5ncnc(N)c5c4)o3)cc2Cl)n1. The number of hydrogen-bond acceptors (Lipinski definition) is 7. The van der Waals surface area contributed by atoms with E-state index in [2.05, 4.69) is 19.9 Å². The van der Waals surface area contributed by atoms with Crippen LogP contribution in [-0.2, 0) is 13.2 Å². The van der Waals surface area contributed by atoms with Crippen LogP contribution in [0.4, 0.5) is 11.5 Å². The zero-order chi connectivity index (χ0) is 24.4. The molecule has 0 spiro atoms. The highest BCUT2D eigenvalue weighted by Gasteiger charge is 2.12. The molecule has 0 aliphatic heterocycles. The highest BCUT2D eigenvalue weighted by molar-refractivity contribution is 6.32. The normalized spacial score (nSPS) is 11.1. The Morgan fingerprint density at radius 1 is 1.03 bits per heavy atom. The first-order valence-corrected chi connectivity index (χ1v) is 11.5. The van der Waals surface area contributed by atoms with Crippen molar-refractivity contribution in [3.05, 3.63) is 95.2 Å². The van der Waals surface area contributed by atoms with Crippen LogP contribution in [0.15, 0.2) is 77.5 Å². The van der Waals surface area contributed by atoms with Crippen molar-refractivity contribution in [2.75, 3.05) is 17.7 Å². The predicted molar refractivity (Wildman–Crippen MR) is 139 cm³/mol. The minimum absolute atomic E-state index is 0.359. The second-order valence-electron chi connectivity index (χ2n) is 8.29. The molecule has 0 unspecified atom stereocenters. The fourth-order valence-corrected chi connectivity index (χ4v) is 4.08. The number of furan rings is 1. The smallest absolute Gasteiger partial charge is 0.138 e. The number of rotatable bonds is 7. The van der Waals surface area contributed by atoms with Crippen LogP contribution in [0.5, 0.6) is 5.75 Å². The monoisotopic (exact) mass is 485 g/mol. The fraction of sp³-hybridized carbons (Fsp3) is 0.148. The fourth-order valence-electron chi connectivity index (χ4n) is 3.85. The van der Waals surface area contributed by atoms with Crippen LogP contribution in [-0.4, -0.2) is 22.0 Å². The van der Waals surface area contributed by atoms with E-state index in [1.54, 1.807) is 0 Å². The molecule has 3 aromatic heterocycles. The molecule has 2 aromatic carbocycles. The summed E-state index contributed by atoms with van der Waals surface area (Å²) in [5, 5.41) is 1.34. The van der Waals surface area contributed by atoms with Crippen molar-refractivity contribution in [1.29, 1.82) is 0 Å². The Morgan fingerprint density at radius 2 is 1.91 bits per heavy atom. The van der Waals surface area contributed by atoms with Crippen LogP contribution < -0.4 is 15.4 Å². The number of nitrogen functional groups attached to an aromatic ring is 1. The number of aromatic nitrogens is 3.